The first kappa shape index (κ1) is 12.2. The molecule has 3 rings (SSSR count). The van der Waals surface area contributed by atoms with Crippen LogP contribution in [0.2, 0.25) is 0 Å². The van der Waals surface area contributed by atoms with Gasteiger partial charge in [-0.2, -0.15) is 0 Å². The van der Waals surface area contributed by atoms with Gasteiger partial charge in [-0.1, -0.05) is 42.5 Å². The molecule has 1 N–H and O–H groups in total. The van der Waals surface area contributed by atoms with Gasteiger partial charge in [-0.15, -0.1) is 0 Å². The third kappa shape index (κ3) is 2.61. The van der Waals surface area contributed by atoms with Crippen molar-refractivity contribution in [3.63, 3.8) is 0 Å². The van der Waals surface area contributed by atoms with Gasteiger partial charge in [0.15, 0.2) is 0 Å². The van der Waals surface area contributed by atoms with Crippen LogP contribution in [0.1, 0.15) is 12.0 Å². The molecule has 0 unspecified atom stereocenters. The quantitative estimate of drug-likeness (QED) is 0.891. The van der Waals surface area contributed by atoms with E-state index in [1.165, 1.54) is 5.39 Å². The fourth-order valence-electron chi connectivity index (χ4n) is 2.60. The van der Waals surface area contributed by atoms with Gasteiger partial charge in [-0.25, -0.2) is 0 Å². The topological polar surface area (TPSA) is 40.5 Å². The molecule has 2 aromatic carbocycles. The smallest absolute Gasteiger partial charge is 0.227 e. The summed E-state index contributed by atoms with van der Waals surface area (Å²) in [7, 11) is 0. The molecule has 1 fully saturated rings. The van der Waals surface area contributed by atoms with E-state index in [2.05, 4.69) is 24.3 Å². The number of fused-ring (bicyclic) bond motifs is 1. The molecule has 0 aliphatic carbocycles. The standard InChI is InChI=1S/C16H17NO2/c18-15-7-8-17(11-15)16(19)10-12-5-6-13-3-1-2-4-14(13)9-12/h1-6,9,15,18H,7-8,10-11H2/t15-/m0/s1. The summed E-state index contributed by atoms with van der Waals surface area (Å²) in [5.74, 6) is 0.104. The molecule has 0 bridgehead atoms. The van der Waals surface area contributed by atoms with Gasteiger partial charge in [0.2, 0.25) is 5.91 Å². The van der Waals surface area contributed by atoms with Gasteiger partial charge in [-0.05, 0) is 22.8 Å². The minimum absolute atomic E-state index is 0.104. The Morgan fingerprint density at radius 2 is 2.00 bits per heavy atom. The summed E-state index contributed by atoms with van der Waals surface area (Å²) in [5.41, 5.74) is 1.03. The molecule has 3 heteroatoms. The highest BCUT2D eigenvalue weighted by Crippen LogP contribution is 2.17. The van der Waals surface area contributed by atoms with Crippen molar-refractivity contribution >= 4 is 16.7 Å². The fourth-order valence-corrected chi connectivity index (χ4v) is 2.60. The molecule has 1 atom stereocenters. The maximum absolute atomic E-state index is 12.1. The van der Waals surface area contributed by atoms with Crippen LogP contribution in [0.4, 0.5) is 0 Å². The molecule has 0 aromatic heterocycles. The van der Waals surface area contributed by atoms with Crippen molar-refractivity contribution in [2.45, 2.75) is 18.9 Å². The largest absolute Gasteiger partial charge is 0.391 e. The number of carbonyl (C=O) groups is 1. The maximum Gasteiger partial charge on any atom is 0.227 e. The highest BCUT2D eigenvalue weighted by molar-refractivity contribution is 5.85. The van der Waals surface area contributed by atoms with Crippen molar-refractivity contribution in [2.75, 3.05) is 13.1 Å². The summed E-state index contributed by atoms with van der Waals surface area (Å²) in [4.78, 5) is 13.9. The molecule has 1 heterocycles. The lowest BCUT2D eigenvalue weighted by atomic mass is 10.0. The lowest BCUT2D eigenvalue weighted by molar-refractivity contribution is -0.129. The van der Waals surface area contributed by atoms with Crippen molar-refractivity contribution in [3.05, 3.63) is 48.0 Å². The number of hydrogen-bond acceptors (Lipinski definition) is 2. The lowest BCUT2D eigenvalue weighted by Gasteiger charge is -2.15. The van der Waals surface area contributed by atoms with E-state index < -0.39 is 0 Å². The van der Waals surface area contributed by atoms with Gasteiger partial charge in [0.1, 0.15) is 0 Å². The highest BCUT2D eigenvalue weighted by atomic mass is 16.3. The minimum Gasteiger partial charge on any atom is -0.391 e. The zero-order valence-electron chi connectivity index (χ0n) is 10.7. The van der Waals surface area contributed by atoms with E-state index in [0.717, 1.165) is 10.9 Å². The molecular weight excluding hydrogens is 238 g/mol. The number of aliphatic hydroxyl groups is 1. The van der Waals surface area contributed by atoms with Gasteiger partial charge in [0.25, 0.3) is 0 Å². The molecule has 3 nitrogen and oxygen atoms in total. The van der Waals surface area contributed by atoms with Crippen LogP contribution in [0.25, 0.3) is 10.8 Å². The summed E-state index contributed by atoms with van der Waals surface area (Å²) >= 11 is 0. The Morgan fingerprint density at radius 1 is 1.21 bits per heavy atom. The van der Waals surface area contributed by atoms with Crippen LogP contribution >= 0.6 is 0 Å². The Kier molecular flexibility index (Phi) is 3.22. The van der Waals surface area contributed by atoms with Gasteiger partial charge in [0.05, 0.1) is 12.5 Å². The molecule has 0 spiro atoms. The summed E-state index contributed by atoms with van der Waals surface area (Å²) in [6, 6.07) is 14.3. The first-order valence-electron chi connectivity index (χ1n) is 6.66. The number of benzene rings is 2. The molecule has 0 radical (unpaired) electrons. The van der Waals surface area contributed by atoms with E-state index in [1.807, 2.05) is 18.2 Å². The second-order valence-corrected chi connectivity index (χ2v) is 5.14. The van der Waals surface area contributed by atoms with Gasteiger partial charge in [-0.3, -0.25) is 4.79 Å². The molecule has 1 saturated heterocycles. The van der Waals surface area contributed by atoms with Crippen molar-refractivity contribution in [1.29, 1.82) is 0 Å². The first-order valence-corrected chi connectivity index (χ1v) is 6.66. The molecule has 2 aromatic rings. The van der Waals surface area contributed by atoms with E-state index in [9.17, 15) is 9.90 Å². The third-order valence-electron chi connectivity index (χ3n) is 3.69. The third-order valence-corrected chi connectivity index (χ3v) is 3.69. The zero-order valence-corrected chi connectivity index (χ0v) is 10.7. The summed E-state index contributed by atoms with van der Waals surface area (Å²) in [6.07, 6.45) is 0.765. The van der Waals surface area contributed by atoms with E-state index in [1.54, 1.807) is 4.90 Å². The summed E-state index contributed by atoms with van der Waals surface area (Å²) in [6.45, 7) is 1.15. The number of rotatable bonds is 2. The number of amides is 1. The SMILES string of the molecule is O=C(Cc1ccc2ccccc2c1)N1CC[C@H](O)C1. The first-order chi connectivity index (χ1) is 9.22. The average Bonchev–Trinajstić information content (AvgIpc) is 2.85. The van der Waals surface area contributed by atoms with Crippen LogP contribution in [0.15, 0.2) is 42.5 Å². The Morgan fingerprint density at radius 3 is 2.74 bits per heavy atom. The molecule has 1 aliphatic rings. The van der Waals surface area contributed by atoms with Crippen LogP contribution in [0.3, 0.4) is 0 Å². The van der Waals surface area contributed by atoms with Crippen molar-refractivity contribution in [1.82, 2.24) is 4.90 Å². The number of aliphatic hydroxyl groups excluding tert-OH is 1. The predicted octanol–water partition coefficient (Wildman–Crippen LogP) is 1.98. The number of likely N-dealkylation sites (tertiary alicyclic amines) is 1. The van der Waals surface area contributed by atoms with E-state index in [4.69, 9.17) is 0 Å². The number of carbonyl (C=O) groups excluding carboxylic acids is 1. The highest BCUT2D eigenvalue weighted by Gasteiger charge is 2.24. The molecular formula is C16H17NO2. The summed E-state index contributed by atoms with van der Waals surface area (Å²) in [5, 5.41) is 11.8. The molecule has 1 amide bonds. The number of nitrogens with zero attached hydrogens (tertiary/aromatic N) is 1. The van der Waals surface area contributed by atoms with Gasteiger partial charge >= 0.3 is 0 Å². The van der Waals surface area contributed by atoms with Crippen LogP contribution < -0.4 is 0 Å². The number of hydrogen-bond donors (Lipinski definition) is 1. The zero-order chi connectivity index (χ0) is 13.2. The number of β-amino-alcohol motifs (C(OH)–C–C–N with tert-alkyl or cyclic N) is 1. The lowest BCUT2D eigenvalue weighted by Crippen LogP contribution is -2.30. The van der Waals surface area contributed by atoms with Crippen LogP contribution in [-0.4, -0.2) is 35.1 Å². The van der Waals surface area contributed by atoms with Crippen LogP contribution in [-0.2, 0) is 11.2 Å². The normalized spacial score (nSPS) is 19.0. The molecule has 19 heavy (non-hydrogen) atoms. The summed E-state index contributed by atoms with van der Waals surface area (Å²) < 4.78 is 0. The van der Waals surface area contributed by atoms with Crippen LogP contribution in [0.5, 0.6) is 0 Å². The Bertz CT molecular complexity index is 608. The molecule has 0 saturated carbocycles. The van der Waals surface area contributed by atoms with Gasteiger partial charge < -0.3 is 10.0 Å². The van der Waals surface area contributed by atoms with Crippen molar-refractivity contribution in [3.8, 4) is 0 Å². The van der Waals surface area contributed by atoms with Crippen LogP contribution in [0, 0.1) is 0 Å². The van der Waals surface area contributed by atoms with E-state index in [-0.39, 0.29) is 12.0 Å². The fraction of sp³-hybridized carbons (Fsp3) is 0.312. The predicted molar refractivity (Wildman–Crippen MR) is 74.9 cm³/mol. The maximum atomic E-state index is 12.1. The van der Waals surface area contributed by atoms with Gasteiger partial charge in [0, 0.05) is 13.1 Å². The molecule has 98 valence electrons. The second kappa shape index (κ2) is 5.02. The average molecular weight is 255 g/mol. The minimum atomic E-state index is -0.347. The van der Waals surface area contributed by atoms with Crippen molar-refractivity contribution in [2.24, 2.45) is 0 Å². The Hall–Kier alpha value is -1.87. The molecule has 1 aliphatic heterocycles. The van der Waals surface area contributed by atoms with Crippen molar-refractivity contribution < 1.29 is 9.90 Å². The Balaban J connectivity index is 1.76. The Labute approximate surface area is 112 Å². The van der Waals surface area contributed by atoms with E-state index >= 15 is 0 Å². The monoisotopic (exact) mass is 255 g/mol. The van der Waals surface area contributed by atoms with E-state index in [0.29, 0.717) is 25.9 Å². The second-order valence-electron chi connectivity index (χ2n) is 5.14.